The number of carbonyl (C=O) groups is 1. The fourth-order valence-electron chi connectivity index (χ4n) is 3.68. The first-order chi connectivity index (χ1) is 17.9. The van der Waals surface area contributed by atoms with Crippen LogP contribution in [-0.4, -0.2) is 37.2 Å². The van der Waals surface area contributed by atoms with Gasteiger partial charge in [-0.3, -0.25) is 4.79 Å². The molecule has 1 heterocycles. The van der Waals surface area contributed by atoms with Crippen molar-refractivity contribution in [3.05, 3.63) is 83.7 Å². The number of carbonyl (C=O) groups excluding carboxylic acids is 1. The van der Waals surface area contributed by atoms with E-state index in [1.165, 1.54) is 26.9 Å². The molecule has 0 saturated carbocycles. The molecule has 0 aliphatic carbocycles. The molecular weight excluding hydrogens is 470 g/mol. The monoisotopic (exact) mass is 499 g/mol. The summed E-state index contributed by atoms with van der Waals surface area (Å²) in [6.45, 7) is 3.89. The van der Waals surface area contributed by atoms with Crippen LogP contribution in [0.5, 0.6) is 17.2 Å². The Hall–Kier alpha value is -4.79. The molecule has 3 aromatic carbocycles. The van der Waals surface area contributed by atoms with Crippen LogP contribution in [0.25, 0.3) is 0 Å². The third-order valence-corrected chi connectivity index (χ3v) is 5.50. The maximum atomic E-state index is 12.9. The lowest BCUT2D eigenvalue weighted by molar-refractivity contribution is 0.102. The molecule has 0 aliphatic heterocycles. The Morgan fingerprint density at radius 1 is 0.676 bits per heavy atom. The predicted molar refractivity (Wildman–Crippen MR) is 145 cm³/mol. The molecule has 0 atom stereocenters. The van der Waals surface area contributed by atoms with Crippen LogP contribution >= 0.6 is 0 Å². The van der Waals surface area contributed by atoms with E-state index in [-0.39, 0.29) is 5.91 Å². The van der Waals surface area contributed by atoms with Crippen molar-refractivity contribution < 1.29 is 19.0 Å². The zero-order chi connectivity index (χ0) is 26.4. The summed E-state index contributed by atoms with van der Waals surface area (Å²) in [4.78, 5) is 21.8. The van der Waals surface area contributed by atoms with E-state index >= 15 is 0 Å². The Balaban J connectivity index is 1.45. The molecule has 0 bridgehead atoms. The summed E-state index contributed by atoms with van der Waals surface area (Å²) in [5.41, 5.74) is 3.95. The van der Waals surface area contributed by atoms with Crippen molar-refractivity contribution in [1.29, 1.82) is 0 Å². The largest absolute Gasteiger partial charge is 0.493 e. The second-order valence-corrected chi connectivity index (χ2v) is 8.25. The third-order valence-electron chi connectivity index (χ3n) is 5.50. The van der Waals surface area contributed by atoms with E-state index in [0.717, 1.165) is 11.4 Å². The van der Waals surface area contributed by atoms with Crippen LogP contribution in [-0.2, 0) is 0 Å². The number of methoxy groups -OCH3 is 3. The molecular formula is C28H29N5O4. The highest BCUT2D eigenvalue weighted by Gasteiger charge is 2.17. The molecule has 37 heavy (non-hydrogen) atoms. The van der Waals surface area contributed by atoms with Crippen molar-refractivity contribution in [2.75, 3.05) is 37.3 Å². The van der Waals surface area contributed by atoms with E-state index in [2.05, 4.69) is 25.9 Å². The van der Waals surface area contributed by atoms with Gasteiger partial charge in [-0.2, -0.15) is 0 Å². The molecule has 0 spiro atoms. The molecule has 0 unspecified atom stereocenters. The Kier molecular flexibility index (Phi) is 7.73. The average molecular weight is 500 g/mol. The first-order valence-electron chi connectivity index (χ1n) is 11.6. The number of aryl methyl sites for hydroxylation is 2. The summed E-state index contributed by atoms with van der Waals surface area (Å²) in [7, 11) is 4.52. The molecule has 9 nitrogen and oxygen atoms in total. The first-order valence-corrected chi connectivity index (χ1v) is 11.6. The minimum Gasteiger partial charge on any atom is -0.493 e. The first kappa shape index (κ1) is 25.3. The summed E-state index contributed by atoms with van der Waals surface area (Å²) in [5, 5.41) is 9.47. The van der Waals surface area contributed by atoms with Crippen molar-refractivity contribution in [2.24, 2.45) is 0 Å². The lowest BCUT2D eigenvalue weighted by Gasteiger charge is -2.14. The molecule has 4 rings (SSSR count). The Morgan fingerprint density at radius 2 is 1.16 bits per heavy atom. The number of rotatable bonds is 9. The average Bonchev–Trinajstić information content (AvgIpc) is 2.89. The van der Waals surface area contributed by atoms with Crippen LogP contribution in [0, 0.1) is 13.8 Å². The van der Waals surface area contributed by atoms with Gasteiger partial charge in [-0.1, -0.05) is 17.7 Å². The summed E-state index contributed by atoms with van der Waals surface area (Å²) in [6, 6.07) is 20.5. The number of amides is 1. The zero-order valence-corrected chi connectivity index (χ0v) is 21.4. The quantitative estimate of drug-likeness (QED) is 0.263. The molecule has 190 valence electrons. The second-order valence-electron chi connectivity index (χ2n) is 8.25. The highest BCUT2D eigenvalue weighted by atomic mass is 16.5. The van der Waals surface area contributed by atoms with Gasteiger partial charge in [-0.05, 0) is 62.4 Å². The maximum absolute atomic E-state index is 12.9. The number of aromatic nitrogens is 2. The van der Waals surface area contributed by atoms with Crippen molar-refractivity contribution in [3.8, 4) is 17.2 Å². The van der Waals surface area contributed by atoms with Crippen LogP contribution in [0.4, 0.5) is 28.7 Å². The highest BCUT2D eigenvalue weighted by Crippen LogP contribution is 2.38. The molecule has 3 N–H and O–H groups in total. The maximum Gasteiger partial charge on any atom is 0.255 e. The number of hydrogen-bond donors (Lipinski definition) is 3. The van der Waals surface area contributed by atoms with Crippen LogP contribution in [0.3, 0.4) is 0 Å². The van der Waals surface area contributed by atoms with Gasteiger partial charge in [0.15, 0.2) is 11.5 Å². The Labute approximate surface area is 215 Å². The summed E-state index contributed by atoms with van der Waals surface area (Å²) < 4.78 is 16.0. The van der Waals surface area contributed by atoms with Gasteiger partial charge in [-0.25, -0.2) is 9.97 Å². The number of hydrogen-bond acceptors (Lipinski definition) is 8. The lowest BCUT2D eigenvalue weighted by Crippen LogP contribution is -2.12. The SMILES string of the molecule is COc1cc(C(=O)Nc2ccc(Nc3cc(Nc4ccc(C)cc4)nc(C)n3)cc2)cc(OC)c1OC. The van der Waals surface area contributed by atoms with E-state index in [0.29, 0.717) is 46.0 Å². The van der Waals surface area contributed by atoms with Crippen molar-refractivity contribution in [1.82, 2.24) is 9.97 Å². The van der Waals surface area contributed by atoms with Crippen molar-refractivity contribution >= 4 is 34.6 Å². The fraction of sp³-hybridized carbons (Fsp3) is 0.179. The standard InChI is InChI=1S/C28H29N5O4/c1-17-6-8-20(9-7-17)31-25-16-26(30-18(2)29-25)32-21-10-12-22(13-11-21)33-28(34)19-14-23(35-3)27(37-5)24(15-19)36-4/h6-16H,1-5H3,(H,33,34)(H2,29,30,31,32). The smallest absolute Gasteiger partial charge is 0.255 e. The molecule has 9 heteroatoms. The van der Waals surface area contributed by atoms with Gasteiger partial charge in [0.05, 0.1) is 21.3 Å². The predicted octanol–water partition coefficient (Wildman–Crippen LogP) is 5.86. The number of ether oxygens (including phenoxy) is 3. The van der Waals surface area contributed by atoms with Gasteiger partial charge in [0.25, 0.3) is 5.91 Å². The fourth-order valence-corrected chi connectivity index (χ4v) is 3.68. The molecule has 0 saturated heterocycles. The van der Waals surface area contributed by atoms with E-state index in [4.69, 9.17) is 14.2 Å². The second kappa shape index (κ2) is 11.3. The van der Waals surface area contributed by atoms with Gasteiger partial charge in [0, 0.05) is 28.7 Å². The van der Waals surface area contributed by atoms with E-state index in [1.54, 1.807) is 24.3 Å². The lowest BCUT2D eigenvalue weighted by atomic mass is 10.1. The van der Waals surface area contributed by atoms with Crippen LogP contribution < -0.4 is 30.2 Å². The van der Waals surface area contributed by atoms with Crippen LogP contribution in [0.1, 0.15) is 21.7 Å². The number of nitrogens with one attached hydrogen (secondary N) is 3. The molecule has 1 aromatic heterocycles. The van der Waals surface area contributed by atoms with Gasteiger partial charge >= 0.3 is 0 Å². The molecule has 0 radical (unpaired) electrons. The minimum absolute atomic E-state index is 0.307. The number of anilines is 5. The van der Waals surface area contributed by atoms with Crippen LogP contribution in [0.15, 0.2) is 66.7 Å². The summed E-state index contributed by atoms with van der Waals surface area (Å²) in [5.74, 6) is 2.90. The molecule has 0 fully saturated rings. The topological polar surface area (TPSA) is 107 Å². The number of nitrogens with zero attached hydrogens (tertiary/aromatic N) is 2. The zero-order valence-electron chi connectivity index (χ0n) is 21.4. The van der Waals surface area contributed by atoms with Gasteiger partial charge < -0.3 is 30.2 Å². The van der Waals surface area contributed by atoms with Gasteiger partial charge in [-0.15, -0.1) is 0 Å². The van der Waals surface area contributed by atoms with E-state index < -0.39 is 0 Å². The minimum atomic E-state index is -0.307. The Bertz CT molecular complexity index is 1360. The summed E-state index contributed by atoms with van der Waals surface area (Å²) >= 11 is 0. The van der Waals surface area contributed by atoms with Gasteiger partial charge in [0.1, 0.15) is 17.5 Å². The molecule has 0 aliphatic rings. The van der Waals surface area contributed by atoms with E-state index in [9.17, 15) is 4.79 Å². The van der Waals surface area contributed by atoms with Crippen LogP contribution in [0.2, 0.25) is 0 Å². The third kappa shape index (κ3) is 6.26. The summed E-state index contributed by atoms with van der Waals surface area (Å²) in [6.07, 6.45) is 0. The number of benzene rings is 3. The Morgan fingerprint density at radius 3 is 1.65 bits per heavy atom. The highest BCUT2D eigenvalue weighted by molar-refractivity contribution is 6.05. The van der Waals surface area contributed by atoms with E-state index in [1.807, 2.05) is 56.3 Å². The molecule has 4 aromatic rings. The van der Waals surface area contributed by atoms with Crippen molar-refractivity contribution in [3.63, 3.8) is 0 Å². The molecule has 1 amide bonds. The normalized spacial score (nSPS) is 10.4. The van der Waals surface area contributed by atoms with Gasteiger partial charge in [0.2, 0.25) is 5.75 Å². The van der Waals surface area contributed by atoms with Crippen molar-refractivity contribution in [2.45, 2.75) is 13.8 Å².